The van der Waals surface area contributed by atoms with Gasteiger partial charge in [-0.05, 0) is 70.8 Å². The summed E-state index contributed by atoms with van der Waals surface area (Å²) in [5, 5.41) is 22.3. The molecular formula is C16H12IN5O3S. The summed E-state index contributed by atoms with van der Waals surface area (Å²) in [7, 11) is 1.75. The van der Waals surface area contributed by atoms with Crippen LogP contribution in [-0.4, -0.2) is 25.6 Å². The van der Waals surface area contributed by atoms with Gasteiger partial charge in [0.1, 0.15) is 6.33 Å². The minimum absolute atomic E-state index is 0.159. The van der Waals surface area contributed by atoms with Crippen LogP contribution in [0.15, 0.2) is 58.8 Å². The molecule has 0 spiro atoms. The fraction of sp³-hybridized carbons (Fsp3) is 0.0625. The molecule has 3 aromatic rings. The quantitative estimate of drug-likeness (QED) is 0.339. The molecule has 0 saturated carbocycles. The Morgan fingerprint density at radius 1 is 1.27 bits per heavy atom. The van der Waals surface area contributed by atoms with Crippen LogP contribution in [0.4, 0.5) is 11.4 Å². The molecular weight excluding hydrogens is 469 g/mol. The van der Waals surface area contributed by atoms with E-state index in [0.717, 1.165) is 15.3 Å². The van der Waals surface area contributed by atoms with Crippen LogP contribution in [-0.2, 0) is 7.05 Å². The highest BCUT2D eigenvalue weighted by atomic mass is 127. The number of nitrogens with zero attached hydrogens (tertiary/aromatic N) is 4. The van der Waals surface area contributed by atoms with Gasteiger partial charge < -0.3 is 9.88 Å². The molecule has 8 nitrogen and oxygen atoms in total. The highest BCUT2D eigenvalue weighted by Gasteiger charge is 2.20. The number of aryl methyl sites for hydroxylation is 1. The number of hydrogen-bond donors (Lipinski definition) is 1. The molecule has 26 heavy (non-hydrogen) atoms. The summed E-state index contributed by atoms with van der Waals surface area (Å²) in [6, 6.07) is 11.6. The number of nitro groups is 1. The summed E-state index contributed by atoms with van der Waals surface area (Å²) in [4.78, 5) is 23.7. The summed E-state index contributed by atoms with van der Waals surface area (Å²) >= 11 is 3.28. The maximum atomic E-state index is 12.4. The van der Waals surface area contributed by atoms with Crippen LogP contribution in [0.25, 0.3) is 0 Å². The Hall–Kier alpha value is -2.47. The van der Waals surface area contributed by atoms with Crippen molar-refractivity contribution in [3.8, 4) is 0 Å². The van der Waals surface area contributed by atoms with Crippen molar-refractivity contribution in [2.45, 2.75) is 10.1 Å². The zero-order valence-electron chi connectivity index (χ0n) is 13.4. The van der Waals surface area contributed by atoms with Crippen molar-refractivity contribution in [3.63, 3.8) is 0 Å². The normalized spacial score (nSPS) is 10.5. The number of hydrogen-bond acceptors (Lipinski definition) is 6. The molecule has 132 valence electrons. The van der Waals surface area contributed by atoms with Gasteiger partial charge >= 0.3 is 0 Å². The average molecular weight is 481 g/mol. The molecule has 0 aliphatic heterocycles. The number of aromatic nitrogens is 3. The van der Waals surface area contributed by atoms with E-state index in [1.165, 1.54) is 12.4 Å². The average Bonchev–Trinajstić information content (AvgIpc) is 3.02. The third kappa shape index (κ3) is 4.19. The second kappa shape index (κ2) is 7.83. The Balaban J connectivity index is 1.85. The Morgan fingerprint density at radius 2 is 2.00 bits per heavy atom. The molecule has 0 aliphatic carbocycles. The largest absolute Gasteiger partial charge is 0.322 e. The summed E-state index contributed by atoms with van der Waals surface area (Å²) < 4.78 is 2.70. The van der Waals surface area contributed by atoms with E-state index >= 15 is 0 Å². The molecule has 1 heterocycles. The smallest absolute Gasteiger partial charge is 0.284 e. The van der Waals surface area contributed by atoms with Crippen molar-refractivity contribution in [3.05, 3.63) is 68.0 Å². The molecule has 1 N–H and O–H groups in total. The summed E-state index contributed by atoms with van der Waals surface area (Å²) in [5.74, 6) is -0.412. The van der Waals surface area contributed by atoms with Gasteiger partial charge in [-0.2, -0.15) is 0 Å². The highest BCUT2D eigenvalue weighted by Crippen LogP contribution is 2.34. The van der Waals surface area contributed by atoms with Crippen molar-refractivity contribution < 1.29 is 9.72 Å². The van der Waals surface area contributed by atoms with Gasteiger partial charge in [0.25, 0.3) is 11.6 Å². The zero-order valence-corrected chi connectivity index (χ0v) is 16.4. The lowest BCUT2D eigenvalue weighted by atomic mass is 10.2. The molecule has 0 fully saturated rings. The van der Waals surface area contributed by atoms with Gasteiger partial charge in [0.15, 0.2) is 5.16 Å². The number of nitrogens with one attached hydrogen (secondary N) is 1. The number of benzene rings is 2. The predicted octanol–water partition coefficient (Wildman–Crippen LogP) is 3.73. The second-order valence-electron chi connectivity index (χ2n) is 5.23. The maximum Gasteiger partial charge on any atom is 0.284 e. The van der Waals surface area contributed by atoms with E-state index in [0.29, 0.717) is 15.7 Å². The number of amides is 1. The Labute approximate surface area is 166 Å². The minimum Gasteiger partial charge on any atom is -0.322 e. The SMILES string of the molecule is Cn1cnnc1Sc1ccc(C(=O)Nc2ccc(I)cc2)cc1[N+](=O)[O-]. The minimum atomic E-state index is -0.514. The van der Waals surface area contributed by atoms with E-state index in [2.05, 4.69) is 38.1 Å². The molecule has 1 amide bonds. The number of carbonyl (C=O) groups excluding carboxylic acids is 1. The summed E-state index contributed by atoms with van der Waals surface area (Å²) in [5.41, 5.74) is 0.668. The molecule has 0 bridgehead atoms. The van der Waals surface area contributed by atoms with Gasteiger partial charge in [-0.25, -0.2) is 0 Å². The van der Waals surface area contributed by atoms with Crippen molar-refractivity contribution in [1.82, 2.24) is 14.8 Å². The maximum absolute atomic E-state index is 12.4. The van der Waals surface area contributed by atoms with Crippen LogP contribution in [0.1, 0.15) is 10.4 Å². The molecule has 0 radical (unpaired) electrons. The number of rotatable bonds is 5. The fourth-order valence-electron chi connectivity index (χ4n) is 2.09. The third-order valence-electron chi connectivity index (χ3n) is 3.39. The molecule has 0 aliphatic rings. The topological polar surface area (TPSA) is 103 Å². The monoisotopic (exact) mass is 481 g/mol. The van der Waals surface area contributed by atoms with Gasteiger partial charge in [0, 0.05) is 27.9 Å². The lowest BCUT2D eigenvalue weighted by Gasteiger charge is -2.07. The van der Waals surface area contributed by atoms with Crippen LogP contribution in [0.2, 0.25) is 0 Å². The van der Waals surface area contributed by atoms with Crippen molar-refractivity contribution in [1.29, 1.82) is 0 Å². The van der Waals surface area contributed by atoms with E-state index in [9.17, 15) is 14.9 Å². The lowest BCUT2D eigenvalue weighted by molar-refractivity contribution is -0.387. The molecule has 10 heteroatoms. The van der Waals surface area contributed by atoms with E-state index in [4.69, 9.17) is 0 Å². The first-order valence-corrected chi connectivity index (χ1v) is 9.21. The van der Waals surface area contributed by atoms with E-state index in [1.807, 2.05) is 12.1 Å². The number of nitro benzene ring substituents is 1. The molecule has 1 aromatic heterocycles. The number of halogens is 1. The van der Waals surface area contributed by atoms with Crippen molar-refractivity contribution in [2.24, 2.45) is 7.05 Å². The zero-order chi connectivity index (χ0) is 18.7. The molecule has 0 saturated heterocycles. The first kappa shape index (κ1) is 18.3. The van der Waals surface area contributed by atoms with Gasteiger partial charge in [-0.3, -0.25) is 14.9 Å². The number of carbonyl (C=O) groups is 1. The second-order valence-corrected chi connectivity index (χ2v) is 7.48. The van der Waals surface area contributed by atoms with E-state index < -0.39 is 10.8 Å². The summed E-state index contributed by atoms with van der Waals surface area (Å²) in [6.45, 7) is 0. The third-order valence-corrected chi connectivity index (χ3v) is 5.23. The van der Waals surface area contributed by atoms with Gasteiger partial charge in [0.2, 0.25) is 0 Å². The number of anilines is 1. The first-order valence-electron chi connectivity index (χ1n) is 7.31. The van der Waals surface area contributed by atoms with Gasteiger partial charge in [-0.15, -0.1) is 10.2 Å². The predicted molar refractivity (Wildman–Crippen MR) is 105 cm³/mol. The van der Waals surface area contributed by atoms with Crippen molar-refractivity contribution >= 4 is 51.6 Å². The molecule has 3 rings (SSSR count). The Kier molecular flexibility index (Phi) is 5.52. The van der Waals surface area contributed by atoms with Crippen LogP contribution in [0.3, 0.4) is 0 Å². The van der Waals surface area contributed by atoms with Gasteiger partial charge in [-0.1, -0.05) is 0 Å². The fourth-order valence-corrected chi connectivity index (χ4v) is 3.30. The van der Waals surface area contributed by atoms with Crippen LogP contribution >= 0.6 is 34.4 Å². The lowest BCUT2D eigenvalue weighted by Crippen LogP contribution is -2.12. The first-order chi connectivity index (χ1) is 12.4. The molecule has 2 aromatic carbocycles. The Morgan fingerprint density at radius 3 is 2.62 bits per heavy atom. The van der Waals surface area contributed by atoms with Crippen LogP contribution < -0.4 is 5.32 Å². The molecule has 0 unspecified atom stereocenters. The van der Waals surface area contributed by atoms with E-state index in [-0.39, 0.29) is 11.3 Å². The van der Waals surface area contributed by atoms with Crippen molar-refractivity contribution in [2.75, 3.05) is 5.32 Å². The highest BCUT2D eigenvalue weighted by molar-refractivity contribution is 14.1. The van der Waals surface area contributed by atoms with E-state index in [1.54, 1.807) is 35.9 Å². The standard InChI is InChI=1S/C16H12IN5O3S/c1-21-9-18-20-16(21)26-14-7-2-10(8-13(14)22(24)25)15(23)19-12-5-3-11(17)4-6-12/h2-9H,1H3,(H,19,23). The Bertz CT molecular complexity index is 974. The van der Waals surface area contributed by atoms with Crippen LogP contribution in [0, 0.1) is 13.7 Å². The summed E-state index contributed by atoms with van der Waals surface area (Å²) in [6.07, 6.45) is 1.51. The van der Waals surface area contributed by atoms with Crippen LogP contribution in [0.5, 0.6) is 0 Å². The molecule has 0 atom stereocenters. The van der Waals surface area contributed by atoms with Gasteiger partial charge in [0.05, 0.1) is 9.82 Å².